The monoisotopic (exact) mass is 402 g/mol. The van der Waals surface area contributed by atoms with E-state index in [1.807, 2.05) is 49.4 Å². The van der Waals surface area contributed by atoms with Crippen LogP contribution < -0.4 is 15.4 Å². The number of hydrogen-bond donors (Lipinski definition) is 2. The summed E-state index contributed by atoms with van der Waals surface area (Å²) < 4.78 is 5.67. The first-order chi connectivity index (χ1) is 13.5. The SMILES string of the molecule is CCNC(=NCc1ccc(C(=O)N(C)C)cc1)NCCOc1cccc(Cl)c1. The first kappa shape index (κ1) is 21.6. The van der Waals surface area contributed by atoms with Crippen LogP contribution in [0.5, 0.6) is 5.75 Å². The molecule has 0 saturated carbocycles. The van der Waals surface area contributed by atoms with Crippen molar-refractivity contribution in [3.8, 4) is 5.75 Å². The largest absolute Gasteiger partial charge is 0.492 e. The summed E-state index contributed by atoms with van der Waals surface area (Å²) in [5, 5.41) is 7.10. The van der Waals surface area contributed by atoms with E-state index in [1.165, 1.54) is 0 Å². The Morgan fingerprint density at radius 2 is 1.89 bits per heavy atom. The van der Waals surface area contributed by atoms with Gasteiger partial charge in [0.1, 0.15) is 12.4 Å². The van der Waals surface area contributed by atoms with Crippen molar-refractivity contribution in [3.63, 3.8) is 0 Å². The summed E-state index contributed by atoms with van der Waals surface area (Å²) in [6.07, 6.45) is 0. The zero-order valence-corrected chi connectivity index (χ0v) is 17.3. The number of carbonyl (C=O) groups is 1. The first-order valence-electron chi connectivity index (χ1n) is 9.20. The molecule has 2 aromatic rings. The molecule has 0 heterocycles. The molecule has 2 aromatic carbocycles. The van der Waals surface area contributed by atoms with Crippen molar-refractivity contribution in [2.75, 3.05) is 33.8 Å². The van der Waals surface area contributed by atoms with Crippen LogP contribution in [0.2, 0.25) is 5.02 Å². The standard InChI is InChI=1S/C21H27ClN4O2/c1-4-23-21(24-12-13-28-19-7-5-6-18(22)14-19)25-15-16-8-10-17(11-9-16)20(27)26(2)3/h5-11,14H,4,12-13,15H2,1-3H3,(H2,23,24,25). The molecular formula is C21H27ClN4O2. The van der Waals surface area contributed by atoms with Crippen molar-refractivity contribution in [1.82, 2.24) is 15.5 Å². The van der Waals surface area contributed by atoms with E-state index in [0.29, 0.717) is 36.2 Å². The van der Waals surface area contributed by atoms with E-state index in [2.05, 4.69) is 15.6 Å². The van der Waals surface area contributed by atoms with Gasteiger partial charge in [-0.3, -0.25) is 4.79 Å². The van der Waals surface area contributed by atoms with Crippen LogP contribution in [0.3, 0.4) is 0 Å². The van der Waals surface area contributed by atoms with Crippen LogP contribution in [0, 0.1) is 0 Å². The molecule has 0 aliphatic rings. The van der Waals surface area contributed by atoms with Crippen LogP contribution in [0.1, 0.15) is 22.8 Å². The summed E-state index contributed by atoms with van der Waals surface area (Å²) in [7, 11) is 3.48. The molecule has 150 valence electrons. The third-order valence-corrected chi connectivity index (χ3v) is 4.07. The second-order valence-electron chi connectivity index (χ2n) is 6.32. The molecule has 0 spiro atoms. The van der Waals surface area contributed by atoms with E-state index < -0.39 is 0 Å². The summed E-state index contributed by atoms with van der Waals surface area (Å²) in [4.78, 5) is 18.1. The Balaban J connectivity index is 1.85. The maximum atomic E-state index is 11.9. The van der Waals surface area contributed by atoms with Gasteiger partial charge in [0.05, 0.1) is 13.1 Å². The van der Waals surface area contributed by atoms with Gasteiger partial charge in [0.15, 0.2) is 5.96 Å². The maximum absolute atomic E-state index is 11.9. The molecule has 28 heavy (non-hydrogen) atoms. The Morgan fingerprint density at radius 3 is 2.54 bits per heavy atom. The van der Waals surface area contributed by atoms with Gasteiger partial charge in [-0.05, 0) is 42.8 Å². The highest BCUT2D eigenvalue weighted by Crippen LogP contribution is 2.16. The van der Waals surface area contributed by atoms with Crippen molar-refractivity contribution in [2.24, 2.45) is 4.99 Å². The quantitative estimate of drug-likeness (QED) is 0.404. The van der Waals surface area contributed by atoms with Gasteiger partial charge in [-0.15, -0.1) is 0 Å². The molecule has 7 heteroatoms. The smallest absolute Gasteiger partial charge is 0.253 e. The minimum absolute atomic E-state index is 0.00948. The van der Waals surface area contributed by atoms with Crippen LogP contribution in [0.15, 0.2) is 53.5 Å². The zero-order valence-electron chi connectivity index (χ0n) is 16.5. The molecular weight excluding hydrogens is 376 g/mol. The fourth-order valence-electron chi connectivity index (χ4n) is 2.42. The van der Waals surface area contributed by atoms with Gasteiger partial charge in [-0.1, -0.05) is 29.8 Å². The number of halogens is 1. The topological polar surface area (TPSA) is 66.0 Å². The van der Waals surface area contributed by atoms with Gasteiger partial charge in [0.2, 0.25) is 0 Å². The van der Waals surface area contributed by atoms with Crippen molar-refractivity contribution in [2.45, 2.75) is 13.5 Å². The van der Waals surface area contributed by atoms with Crippen molar-refractivity contribution in [3.05, 3.63) is 64.7 Å². The maximum Gasteiger partial charge on any atom is 0.253 e. The van der Waals surface area contributed by atoms with Crippen LogP contribution in [-0.2, 0) is 6.54 Å². The highest BCUT2D eigenvalue weighted by molar-refractivity contribution is 6.30. The summed E-state index contributed by atoms with van der Waals surface area (Å²) >= 11 is 5.95. The molecule has 6 nitrogen and oxygen atoms in total. The number of nitrogens with zero attached hydrogens (tertiary/aromatic N) is 2. The number of amides is 1. The summed E-state index contributed by atoms with van der Waals surface area (Å²) in [6, 6.07) is 14.8. The molecule has 0 aliphatic carbocycles. The van der Waals surface area contributed by atoms with Crippen LogP contribution in [0.25, 0.3) is 0 Å². The van der Waals surface area contributed by atoms with Gasteiger partial charge < -0.3 is 20.3 Å². The molecule has 0 bridgehead atoms. The van der Waals surface area contributed by atoms with E-state index in [0.717, 1.165) is 17.9 Å². The van der Waals surface area contributed by atoms with Crippen LogP contribution in [-0.4, -0.2) is 50.6 Å². The Kier molecular flexibility index (Phi) is 8.62. The Labute approximate surface area is 171 Å². The molecule has 0 radical (unpaired) electrons. The molecule has 0 fully saturated rings. The minimum Gasteiger partial charge on any atom is -0.492 e. The van der Waals surface area contributed by atoms with Crippen LogP contribution >= 0.6 is 11.6 Å². The number of aliphatic imine (C=N–C) groups is 1. The van der Waals surface area contributed by atoms with E-state index >= 15 is 0 Å². The Bertz CT molecular complexity index is 791. The third-order valence-electron chi connectivity index (χ3n) is 3.83. The van der Waals surface area contributed by atoms with E-state index in [4.69, 9.17) is 16.3 Å². The van der Waals surface area contributed by atoms with Crippen molar-refractivity contribution in [1.29, 1.82) is 0 Å². The molecule has 0 atom stereocenters. The summed E-state index contributed by atoms with van der Waals surface area (Å²) in [5.41, 5.74) is 1.70. The summed E-state index contributed by atoms with van der Waals surface area (Å²) in [6.45, 7) is 4.39. The van der Waals surface area contributed by atoms with Gasteiger partial charge >= 0.3 is 0 Å². The average molecular weight is 403 g/mol. The fourth-order valence-corrected chi connectivity index (χ4v) is 2.60. The lowest BCUT2D eigenvalue weighted by molar-refractivity contribution is 0.0827. The molecule has 2 N–H and O–H groups in total. The number of hydrogen-bond acceptors (Lipinski definition) is 3. The number of guanidine groups is 1. The van der Waals surface area contributed by atoms with Gasteiger partial charge in [-0.25, -0.2) is 4.99 Å². The van der Waals surface area contributed by atoms with Crippen LogP contribution in [0.4, 0.5) is 0 Å². The Morgan fingerprint density at radius 1 is 1.14 bits per heavy atom. The minimum atomic E-state index is -0.00948. The lowest BCUT2D eigenvalue weighted by Crippen LogP contribution is -2.39. The number of rotatable bonds is 8. The number of carbonyl (C=O) groups excluding carboxylic acids is 1. The first-order valence-corrected chi connectivity index (χ1v) is 9.58. The highest BCUT2D eigenvalue weighted by Gasteiger charge is 2.07. The van der Waals surface area contributed by atoms with Crippen molar-refractivity contribution < 1.29 is 9.53 Å². The van der Waals surface area contributed by atoms with Gasteiger partial charge in [-0.2, -0.15) is 0 Å². The third kappa shape index (κ3) is 7.12. The molecule has 2 rings (SSSR count). The van der Waals surface area contributed by atoms with E-state index in [9.17, 15) is 4.79 Å². The highest BCUT2D eigenvalue weighted by atomic mass is 35.5. The molecule has 0 aromatic heterocycles. The molecule has 1 amide bonds. The van der Waals surface area contributed by atoms with Crippen molar-refractivity contribution >= 4 is 23.5 Å². The second kappa shape index (κ2) is 11.2. The predicted octanol–water partition coefficient (Wildman–Crippen LogP) is 3.18. The fraction of sp³-hybridized carbons (Fsp3) is 0.333. The predicted molar refractivity (Wildman–Crippen MR) is 114 cm³/mol. The van der Waals surface area contributed by atoms with Gasteiger partial charge in [0.25, 0.3) is 5.91 Å². The normalized spacial score (nSPS) is 11.1. The average Bonchev–Trinajstić information content (AvgIpc) is 2.69. The van der Waals surface area contributed by atoms with E-state index in [1.54, 1.807) is 25.1 Å². The van der Waals surface area contributed by atoms with Gasteiger partial charge in [0, 0.05) is 31.2 Å². The Hall–Kier alpha value is -2.73. The lowest BCUT2D eigenvalue weighted by atomic mass is 10.1. The lowest BCUT2D eigenvalue weighted by Gasteiger charge is -2.12. The summed E-state index contributed by atoms with van der Waals surface area (Å²) in [5.74, 6) is 1.44. The number of nitrogens with one attached hydrogen (secondary N) is 2. The number of ether oxygens (including phenoxy) is 1. The molecule has 0 unspecified atom stereocenters. The molecule has 0 aliphatic heterocycles. The number of benzene rings is 2. The zero-order chi connectivity index (χ0) is 20.4. The molecule has 0 saturated heterocycles. The van der Waals surface area contributed by atoms with E-state index in [-0.39, 0.29) is 5.91 Å². The second-order valence-corrected chi connectivity index (χ2v) is 6.76.